The van der Waals surface area contributed by atoms with Crippen LogP contribution in [0.15, 0.2) is 47.0 Å². The fraction of sp³-hybridized carbons (Fsp3) is 0.286. The second-order valence-corrected chi connectivity index (χ2v) is 8.09. The summed E-state index contributed by atoms with van der Waals surface area (Å²) in [4.78, 5) is 18.9. The van der Waals surface area contributed by atoms with Crippen LogP contribution in [0.2, 0.25) is 0 Å². The summed E-state index contributed by atoms with van der Waals surface area (Å²) in [5.74, 6) is -0.239. The average molecular weight is 411 g/mol. The zero-order valence-electron chi connectivity index (χ0n) is 15.5. The highest BCUT2D eigenvalue weighted by atomic mass is 32.1. The number of amides is 1. The van der Waals surface area contributed by atoms with Crippen LogP contribution in [-0.2, 0) is 11.2 Å². The first kappa shape index (κ1) is 18.1. The zero-order chi connectivity index (χ0) is 19.8. The molecule has 1 aliphatic rings. The number of likely N-dealkylation sites (tertiary alicyclic amines) is 1. The molecule has 1 saturated heterocycles. The maximum Gasteiger partial charge on any atom is 0.274 e. The number of rotatable bonds is 4. The number of hydrogen-bond donors (Lipinski definition) is 0. The van der Waals surface area contributed by atoms with E-state index in [0.717, 1.165) is 28.4 Å². The molecule has 1 aliphatic heterocycles. The van der Waals surface area contributed by atoms with E-state index >= 15 is 0 Å². The van der Waals surface area contributed by atoms with E-state index in [2.05, 4.69) is 10.1 Å². The predicted octanol–water partition coefficient (Wildman–Crippen LogP) is 4.19. The van der Waals surface area contributed by atoms with Gasteiger partial charge in [0.15, 0.2) is 5.58 Å². The number of benzene rings is 2. The molecule has 0 saturated carbocycles. The fourth-order valence-electron chi connectivity index (χ4n) is 3.61. The smallest absolute Gasteiger partial charge is 0.274 e. The third kappa shape index (κ3) is 3.67. The van der Waals surface area contributed by atoms with Crippen molar-refractivity contribution in [1.82, 2.24) is 15.0 Å². The SMILES string of the molecule is O=C(Cc1noc2ccccc12)N1CCC(Oc2nc3ccc(F)cc3s2)CC1. The Labute approximate surface area is 169 Å². The quantitative estimate of drug-likeness (QED) is 0.504. The molecule has 0 N–H and O–H groups in total. The predicted molar refractivity (Wildman–Crippen MR) is 108 cm³/mol. The zero-order valence-corrected chi connectivity index (χ0v) is 16.3. The molecule has 0 spiro atoms. The van der Waals surface area contributed by atoms with E-state index in [1.54, 1.807) is 6.07 Å². The first-order valence-corrected chi connectivity index (χ1v) is 10.3. The van der Waals surface area contributed by atoms with Gasteiger partial charge in [-0.3, -0.25) is 4.79 Å². The van der Waals surface area contributed by atoms with Crippen LogP contribution in [0.3, 0.4) is 0 Å². The molecule has 8 heteroatoms. The van der Waals surface area contributed by atoms with Crippen molar-refractivity contribution >= 4 is 38.4 Å². The van der Waals surface area contributed by atoms with E-state index in [1.807, 2.05) is 29.2 Å². The Hall–Kier alpha value is -3.00. The lowest BCUT2D eigenvalue weighted by Crippen LogP contribution is -2.42. The molecule has 148 valence electrons. The first-order valence-electron chi connectivity index (χ1n) is 9.49. The van der Waals surface area contributed by atoms with Crippen LogP contribution in [-0.4, -0.2) is 40.1 Å². The summed E-state index contributed by atoms with van der Waals surface area (Å²) in [6.45, 7) is 1.25. The Morgan fingerprint density at radius 1 is 1.24 bits per heavy atom. The Bertz CT molecular complexity index is 1180. The van der Waals surface area contributed by atoms with Crippen LogP contribution < -0.4 is 4.74 Å². The van der Waals surface area contributed by atoms with Gasteiger partial charge in [0, 0.05) is 31.3 Å². The van der Waals surface area contributed by atoms with E-state index in [-0.39, 0.29) is 24.2 Å². The van der Waals surface area contributed by atoms with E-state index in [1.165, 1.54) is 23.5 Å². The molecule has 2 aromatic carbocycles. The van der Waals surface area contributed by atoms with Gasteiger partial charge < -0.3 is 14.2 Å². The molecule has 5 rings (SSSR count). The number of fused-ring (bicyclic) bond motifs is 2. The molecule has 0 bridgehead atoms. The van der Waals surface area contributed by atoms with Gasteiger partial charge in [-0.15, -0.1) is 0 Å². The van der Waals surface area contributed by atoms with Crippen molar-refractivity contribution in [2.75, 3.05) is 13.1 Å². The van der Waals surface area contributed by atoms with Gasteiger partial charge in [-0.25, -0.2) is 9.37 Å². The van der Waals surface area contributed by atoms with Gasteiger partial charge >= 0.3 is 0 Å². The Morgan fingerprint density at radius 2 is 2.07 bits per heavy atom. The van der Waals surface area contributed by atoms with Crippen LogP contribution >= 0.6 is 11.3 Å². The summed E-state index contributed by atoms with van der Waals surface area (Å²) in [6, 6.07) is 12.1. The summed E-state index contributed by atoms with van der Waals surface area (Å²) in [5, 5.41) is 5.47. The topological polar surface area (TPSA) is 68.5 Å². The maximum atomic E-state index is 13.3. The minimum atomic E-state index is -0.278. The lowest BCUT2D eigenvalue weighted by Gasteiger charge is -2.31. The number of aromatic nitrogens is 2. The van der Waals surface area contributed by atoms with E-state index in [9.17, 15) is 9.18 Å². The highest BCUT2D eigenvalue weighted by Gasteiger charge is 2.26. The number of halogens is 1. The molecule has 0 atom stereocenters. The molecule has 6 nitrogen and oxygen atoms in total. The van der Waals surface area contributed by atoms with Crippen LogP contribution in [0.25, 0.3) is 21.2 Å². The number of nitrogens with zero attached hydrogens (tertiary/aromatic N) is 3. The number of piperidine rings is 1. The third-order valence-corrected chi connectivity index (χ3v) is 6.07. The van der Waals surface area contributed by atoms with E-state index in [4.69, 9.17) is 9.26 Å². The van der Waals surface area contributed by atoms with Gasteiger partial charge in [0.1, 0.15) is 17.6 Å². The van der Waals surface area contributed by atoms with Crippen molar-refractivity contribution in [3.63, 3.8) is 0 Å². The Kier molecular flexibility index (Phi) is 4.63. The standard InChI is InChI=1S/C21H18FN3O3S/c22-13-5-6-16-19(11-13)29-21(23-16)27-14-7-9-25(10-8-14)20(26)12-17-15-3-1-2-4-18(15)28-24-17/h1-6,11,14H,7-10,12H2. The first-order chi connectivity index (χ1) is 14.2. The normalized spacial score (nSPS) is 15.3. The minimum Gasteiger partial charge on any atom is -0.467 e. The lowest BCUT2D eigenvalue weighted by atomic mass is 10.1. The van der Waals surface area contributed by atoms with Crippen molar-refractivity contribution < 1.29 is 18.4 Å². The summed E-state index contributed by atoms with van der Waals surface area (Å²) in [7, 11) is 0. The summed E-state index contributed by atoms with van der Waals surface area (Å²) in [6.07, 6.45) is 1.69. The molecular weight excluding hydrogens is 393 g/mol. The van der Waals surface area contributed by atoms with Gasteiger partial charge in [-0.1, -0.05) is 28.6 Å². The van der Waals surface area contributed by atoms with Crippen LogP contribution in [0.4, 0.5) is 4.39 Å². The monoisotopic (exact) mass is 411 g/mol. The molecule has 1 amide bonds. The molecule has 29 heavy (non-hydrogen) atoms. The maximum absolute atomic E-state index is 13.3. The number of carbonyl (C=O) groups is 1. The molecule has 3 heterocycles. The Balaban J connectivity index is 1.19. The number of ether oxygens (including phenoxy) is 1. The molecule has 0 aliphatic carbocycles. The summed E-state index contributed by atoms with van der Waals surface area (Å²) >= 11 is 1.34. The second-order valence-electron chi connectivity index (χ2n) is 7.09. The number of hydrogen-bond acceptors (Lipinski definition) is 6. The minimum absolute atomic E-state index is 0.00246. The van der Waals surface area contributed by atoms with Crippen molar-refractivity contribution in [3.05, 3.63) is 54.0 Å². The number of carbonyl (C=O) groups excluding carboxylic acids is 1. The van der Waals surface area contributed by atoms with E-state index in [0.29, 0.717) is 29.6 Å². The fourth-order valence-corrected chi connectivity index (χ4v) is 4.52. The lowest BCUT2D eigenvalue weighted by molar-refractivity contribution is -0.132. The van der Waals surface area contributed by atoms with Crippen molar-refractivity contribution in [2.24, 2.45) is 0 Å². The van der Waals surface area contributed by atoms with Gasteiger partial charge in [-0.2, -0.15) is 0 Å². The molecule has 0 unspecified atom stereocenters. The summed E-state index contributed by atoms with van der Waals surface area (Å²) < 4.78 is 25.4. The molecule has 2 aromatic heterocycles. The average Bonchev–Trinajstić information content (AvgIpc) is 3.32. The third-order valence-electron chi connectivity index (χ3n) is 5.16. The van der Waals surface area contributed by atoms with Gasteiger partial charge in [-0.05, 0) is 30.3 Å². The van der Waals surface area contributed by atoms with Crippen molar-refractivity contribution in [3.8, 4) is 5.19 Å². The van der Waals surface area contributed by atoms with Crippen LogP contribution in [0, 0.1) is 5.82 Å². The molecule has 1 fully saturated rings. The largest absolute Gasteiger partial charge is 0.467 e. The van der Waals surface area contributed by atoms with Crippen LogP contribution in [0.5, 0.6) is 5.19 Å². The summed E-state index contributed by atoms with van der Waals surface area (Å²) in [5.41, 5.74) is 2.10. The van der Waals surface area contributed by atoms with Gasteiger partial charge in [0.2, 0.25) is 5.91 Å². The number of thiazole rings is 1. The second kappa shape index (κ2) is 7.44. The van der Waals surface area contributed by atoms with Crippen molar-refractivity contribution in [1.29, 1.82) is 0 Å². The highest BCUT2D eigenvalue weighted by molar-refractivity contribution is 7.20. The number of para-hydroxylation sites is 1. The molecular formula is C21H18FN3O3S. The molecule has 0 radical (unpaired) electrons. The molecule has 4 aromatic rings. The van der Waals surface area contributed by atoms with Gasteiger partial charge in [0.25, 0.3) is 5.19 Å². The van der Waals surface area contributed by atoms with Gasteiger partial charge in [0.05, 0.1) is 16.6 Å². The van der Waals surface area contributed by atoms with Crippen LogP contribution in [0.1, 0.15) is 18.5 Å². The van der Waals surface area contributed by atoms with E-state index < -0.39 is 0 Å². The highest BCUT2D eigenvalue weighted by Crippen LogP contribution is 2.30. The Morgan fingerprint density at radius 3 is 2.93 bits per heavy atom. The van der Waals surface area contributed by atoms with Crippen molar-refractivity contribution in [2.45, 2.75) is 25.4 Å².